The number of amides is 13. The molecule has 19 rings (SSSR count). The Hall–Kier alpha value is -14.1. The number of halogens is 6. The van der Waals surface area contributed by atoms with Gasteiger partial charge in [-0.15, -0.1) is 22.7 Å². The van der Waals surface area contributed by atoms with Crippen LogP contribution in [0.5, 0.6) is 5.88 Å². The number of carboxylic acid groups (broad SMARTS) is 2. The van der Waals surface area contributed by atoms with Gasteiger partial charge in [0.1, 0.15) is 66.7 Å². The minimum absolute atomic E-state index is 0.00607. The second-order valence-electron chi connectivity index (χ2n) is 31.0. The van der Waals surface area contributed by atoms with Gasteiger partial charge in [0.2, 0.25) is 17.7 Å². The summed E-state index contributed by atoms with van der Waals surface area (Å²) < 4.78 is 28.4. The molecule has 0 saturated carbocycles. The number of thioether (sulfide) groups is 1. The van der Waals surface area contributed by atoms with Crippen LogP contribution in [0.25, 0.3) is 52.0 Å². The van der Waals surface area contributed by atoms with Gasteiger partial charge in [0.05, 0.1) is 40.2 Å². The number of imide groups is 2. The third-order valence-corrected chi connectivity index (χ3v) is 27.5. The Morgan fingerprint density at radius 2 is 1.11 bits per heavy atom. The molecular weight excluding hydrogens is 2250 g/mol. The van der Waals surface area contributed by atoms with Crippen molar-refractivity contribution in [3.8, 4) is 28.5 Å². The summed E-state index contributed by atoms with van der Waals surface area (Å²) in [6, 6.07) is 65.2. The number of benzene rings is 8. The van der Waals surface area contributed by atoms with E-state index >= 15 is 0 Å². The first kappa shape index (κ1) is 106. The van der Waals surface area contributed by atoms with Crippen molar-refractivity contribution in [3.05, 3.63) is 350 Å². The number of barbiturate groups is 1. The van der Waals surface area contributed by atoms with Crippen LogP contribution in [0.15, 0.2) is 285 Å². The van der Waals surface area contributed by atoms with Gasteiger partial charge in [0.25, 0.3) is 53.2 Å². The zero-order valence-electron chi connectivity index (χ0n) is 73.5. The number of fused-ring (bicyclic) bond motifs is 2. The third kappa shape index (κ3) is 26.5. The lowest BCUT2D eigenvalue weighted by Crippen LogP contribution is -2.56. The van der Waals surface area contributed by atoms with Crippen LogP contribution in [-0.4, -0.2) is 139 Å². The zero-order valence-corrected chi connectivity index (χ0v) is 86.3. The minimum Gasteiger partial charge on any atom is -0.493 e. The van der Waals surface area contributed by atoms with Crippen LogP contribution in [0.1, 0.15) is 68.0 Å². The fourth-order valence-corrected chi connectivity index (χ4v) is 19.8. The molecule has 11 heterocycles. The number of thiocarbonyl (C=S) groups is 4. The van der Waals surface area contributed by atoms with Crippen LogP contribution in [0.3, 0.4) is 0 Å². The third-order valence-electron chi connectivity index (χ3n) is 21.2. The van der Waals surface area contributed by atoms with Gasteiger partial charge in [-0.05, 0) is 229 Å². The maximum absolute atomic E-state index is 13.5. The molecule has 31 nitrogen and oxygen atoms in total. The van der Waals surface area contributed by atoms with E-state index in [1.54, 1.807) is 95.9 Å². The number of hydrogen-bond acceptors (Lipinski definition) is 25. The Kier molecular flexibility index (Phi) is 35.2. The Morgan fingerprint density at radius 1 is 0.528 bits per heavy atom. The van der Waals surface area contributed by atoms with E-state index in [-0.39, 0.29) is 96.5 Å². The van der Waals surface area contributed by atoms with Crippen LogP contribution >= 0.6 is 167 Å². The molecule has 8 aromatic carbocycles. The predicted molar refractivity (Wildman–Crippen MR) is 567 cm³/mol. The molecule has 13 amide bonds. The van der Waals surface area contributed by atoms with Crippen molar-refractivity contribution in [2.45, 2.75) is 44.8 Å². The molecule has 12 aromatic rings. The number of nitrogens with zero attached hydrogens (tertiary/aromatic N) is 5. The van der Waals surface area contributed by atoms with Crippen molar-refractivity contribution in [3.63, 3.8) is 0 Å². The first-order valence-corrected chi connectivity index (χ1v) is 49.9. The molecule has 7 aliphatic rings. The van der Waals surface area contributed by atoms with Gasteiger partial charge in [-0.3, -0.25) is 98.5 Å². The first-order valence-electron chi connectivity index (χ1n) is 42.2. The lowest BCUT2D eigenvalue weighted by molar-refractivity contribution is -0.141. The highest BCUT2D eigenvalue weighted by Gasteiger charge is 2.44. The number of aliphatic carboxylic acids is 2. The highest BCUT2D eigenvalue weighted by molar-refractivity contribution is 9.11. The van der Waals surface area contributed by atoms with Crippen LogP contribution in [-0.2, 0) is 88.3 Å². The smallest absolute Gasteiger partial charge is 0.331 e. The van der Waals surface area contributed by atoms with Gasteiger partial charge in [-0.1, -0.05) is 198 Å². The molecule has 1 atom stereocenters. The zero-order chi connectivity index (χ0) is 103. The summed E-state index contributed by atoms with van der Waals surface area (Å²) in [4.78, 5) is 178. The molecule has 10 N–H and O–H groups in total. The summed E-state index contributed by atoms with van der Waals surface area (Å²) >= 11 is 50.3. The van der Waals surface area contributed by atoms with Gasteiger partial charge in [-0.2, -0.15) is 0 Å². The molecule has 7 aliphatic heterocycles. The molecule has 1 unspecified atom stereocenters. The van der Waals surface area contributed by atoms with Gasteiger partial charge < -0.3 is 39.7 Å². The highest BCUT2D eigenvalue weighted by atomic mass is 79.9. The highest BCUT2D eigenvalue weighted by Crippen LogP contribution is 2.47. The fourth-order valence-electron chi connectivity index (χ4n) is 14.4. The predicted octanol–water partition coefficient (Wildman–Crippen LogP) is 16.1. The molecule has 0 aliphatic carbocycles. The number of aromatic nitrogens is 1. The Balaban J connectivity index is 0.000000138. The molecule has 5 saturated heterocycles. The number of carbonyl (C=O) groups excluding carboxylic acids is 12. The fraction of sp³-hybridized carbons (Fsp3) is 0.0909. The number of hydrogen-bond donors (Lipinski definition) is 10. The number of nitrogens with one attached hydrogen (secondary N) is 7. The number of carboxylic acids is 2. The van der Waals surface area contributed by atoms with Crippen molar-refractivity contribution in [1.29, 1.82) is 0 Å². The number of urea groups is 1. The van der Waals surface area contributed by atoms with Crippen LogP contribution in [0.4, 0.5) is 14.9 Å². The van der Waals surface area contributed by atoms with Gasteiger partial charge in [-0.25, -0.2) is 19.0 Å². The number of thiophene rings is 1. The van der Waals surface area contributed by atoms with E-state index < -0.39 is 88.9 Å². The largest absolute Gasteiger partial charge is 0.493 e. The van der Waals surface area contributed by atoms with E-state index in [4.69, 9.17) is 98.2 Å². The van der Waals surface area contributed by atoms with Crippen LogP contribution in [0.2, 0.25) is 10.0 Å². The van der Waals surface area contributed by atoms with Crippen molar-refractivity contribution in [2.24, 2.45) is 10.9 Å². The van der Waals surface area contributed by atoms with Crippen molar-refractivity contribution < 1.29 is 95.7 Å². The molecule has 0 bridgehead atoms. The normalized spacial score (nSPS) is 15.8. The number of rotatable bonds is 20. The average molecular weight is 2320 g/mol. The van der Waals surface area contributed by atoms with Gasteiger partial charge >= 0.3 is 18.0 Å². The maximum atomic E-state index is 13.5. The van der Waals surface area contributed by atoms with Crippen molar-refractivity contribution in [1.82, 2.24) is 51.6 Å². The van der Waals surface area contributed by atoms with Crippen molar-refractivity contribution >= 4 is 304 Å². The molecule has 0 radical (unpaired) electrons. The van der Waals surface area contributed by atoms with E-state index in [0.29, 0.717) is 82.6 Å². The molecule has 4 aromatic heterocycles. The number of furan rings is 2. The summed E-state index contributed by atoms with van der Waals surface area (Å²) in [5, 5.41) is 50.2. The topological polar surface area (TPSA) is 437 Å². The summed E-state index contributed by atoms with van der Waals surface area (Å²) in [7, 11) is 0. The summed E-state index contributed by atoms with van der Waals surface area (Å²) in [6.45, 7) is 0.553. The lowest BCUT2D eigenvalue weighted by atomic mass is 10.0. The standard InChI is InChI=1S/C22H17BrN2O4S2.C20H13BrN2O4S2.C16H11FN2O3S.C15H9ClN2O3S.C15H11ClN2O3S.C11H7BrN2O2S/c23-14-8-9-16-15(11-14)18(20(28)25(16)12-13-5-2-1-3-6-13)19-21(29)24(22(30)31-19)10-4-7-17(26)27;21-11-6-7-13-12(9-11)15(17(24)22-13)16-18(25)23(20(28)29-16)14(19(26)27)8-10-4-2-1-3-5-10;17-11-5-3-10(4-6-11)9-19-15(21)13(14(20)18-16(19)22)8-12-2-1-7-23-12;16-9-3-1-8(2-4-9)12-6-5-10(21-12)7-11-13(19)17-15(22)18-14(11)20;16-9-3-1-2-8(6-9)12-5-4-10(21-12)7-11-13(19)17-15(22)18-14(11)20;12-7-3-1-6(2-4-7)5-8-9(15)13-11(17)14-10(8)16/h1-3,5-6,8-9,11H,4,7,10,12H2,(H,26,27);1-7,9,14,25H,8H2,(H,26,27);1-8H,9H2,(H,18,20,22);1-7H,(H2,17,18,19,20,22);1-6,11H,7H2,(H2,17,18,19,20,22);1-5H,(H2,13,14,15,16,17)/b19-18-;;13-8+;;;. The van der Waals surface area contributed by atoms with Gasteiger partial charge in [0, 0.05) is 76.1 Å². The first-order chi connectivity index (χ1) is 68.9. The minimum atomic E-state index is -1.12. The molecular formula is C99H68Br3Cl2FN12O19S8. The second kappa shape index (κ2) is 47.9. The monoisotopic (exact) mass is 2310 g/mol. The quantitative estimate of drug-likeness (QED) is 0.0147. The molecule has 45 heteroatoms. The number of carbonyl (C=O) groups is 14. The number of anilines is 1. The molecule has 5 fully saturated rings. The second-order valence-corrected chi connectivity index (χ2v) is 40.1. The average Bonchev–Trinajstić information content (AvgIpc) is 1.59. The van der Waals surface area contributed by atoms with E-state index in [9.17, 15) is 81.7 Å². The maximum Gasteiger partial charge on any atom is 0.331 e. The number of aromatic hydroxyl groups is 1. The Labute approximate surface area is 889 Å². The van der Waals surface area contributed by atoms with Crippen molar-refractivity contribution in [2.75, 3.05) is 11.4 Å². The summed E-state index contributed by atoms with van der Waals surface area (Å²) in [5.41, 5.74) is 6.65. The Morgan fingerprint density at radius 3 is 1.74 bits per heavy atom. The SMILES string of the molecule is O=C(O)CCCN1C(=O)/C(=C2/C(=O)N(Cc3ccccc3)c3ccc(Br)cc32)SC1=S.O=C1N=c2ccc(Br)cc2=C1c1sc(=S)n(C(Cc2ccccc2)C(=O)O)c1O.O=C1NC(=O)N(Cc2ccc(F)cc2)C(=O)/C1=C/c1cccs1.O=C1NC(=S)NC(=O)C1=Cc1ccc(-c2ccc(Cl)cc2)o1.O=C1NC(=S)NC(=O)C1=Cc1ccc(Br)cc1.O=C1NC(=S)NC(=O)C1Cc1ccc(-c2cccc(Cl)c2)o1. The summed E-state index contributed by atoms with van der Waals surface area (Å²) in [6.07, 6.45) is 4.88. The van der Waals surface area contributed by atoms with Crippen LogP contribution < -0.4 is 52.7 Å². The molecule has 728 valence electrons. The lowest BCUT2D eigenvalue weighted by Gasteiger charge is -2.26. The van der Waals surface area contributed by atoms with Crippen LogP contribution in [0, 0.1) is 15.7 Å². The Bertz CT molecular complexity index is 7590. The van der Waals surface area contributed by atoms with E-state index in [1.807, 2.05) is 121 Å². The van der Waals surface area contributed by atoms with Gasteiger partial charge in [0.15, 0.2) is 19.3 Å². The van der Waals surface area contributed by atoms with E-state index in [0.717, 1.165) is 79.8 Å². The summed E-state index contributed by atoms with van der Waals surface area (Å²) in [5.74, 6) is -6.90. The molecule has 0 spiro atoms. The molecule has 144 heavy (non-hydrogen) atoms. The van der Waals surface area contributed by atoms with E-state index in [1.165, 1.54) is 63.3 Å². The van der Waals surface area contributed by atoms with E-state index in [2.05, 4.69) is 90.0 Å². The number of thiazole rings is 1.